The van der Waals surface area contributed by atoms with E-state index in [9.17, 15) is 0 Å². The number of anilines is 1. The second-order valence-corrected chi connectivity index (χ2v) is 3.77. The molecule has 17 heavy (non-hydrogen) atoms. The van der Waals surface area contributed by atoms with E-state index in [1.807, 2.05) is 54.6 Å². The molecular formula is C15H15NO. The molecule has 2 N–H and O–H groups in total. The lowest BCUT2D eigenvalue weighted by molar-refractivity contribution is 0.308. The molecule has 0 unspecified atom stereocenters. The molecule has 0 aliphatic carbocycles. The molecule has 0 amide bonds. The number of nitrogen functional groups attached to an aromatic ring is 1. The lowest BCUT2D eigenvalue weighted by Crippen LogP contribution is -1.98. The van der Waals surface area contributed by atoms with Crippen molar-refractivity contribution in [1.82, 2.24) is 0 Å². The van der Waals surface area contributed by atoms with Gasteiger partial charge < -0.3 is 10.5 Å². The van der Waals surface area contributed by atoms with Crippen LogP contribution in [0.1, 0.15) is 11.1 Å². The van der Waals surface area contributed by atoms with E-state index in [0.717, 1.165) is 16.9 Å². The van der Waals surface area contributed by atoms with Gasteiger partial charge in [0.1, 0.15) is 12.4 Å². The summed E-state index contributed by atoms with van der Waals surface area (Å²) in [5.74, 6) is 0.722. The first-order valence-electron chi connectivity index (χ1n) is 5.48. The predicted molar refractivity (Wildman–Crippen MR) is 71.7 cm³/mol. The quantitative estimate of drug-likeness (QED) is 0.808. The smallest absolute Gasteiger partial charge is 0.142 e. The van der Waals surface area contributed by atoms with Crippen molar-refractivity contribution < 1.29 is 4.74 Å². The van der Waals surface area contributed by atoms with E-state index >= 15 is 0 Å². The highest BCUT2D eigenvalue weighted by Crippen LogP contribution is 2.21. The van der Waals surface area contributed by atoms with Gasteiger partial charge >= 0.3 is 0 Å². The molecule has 2 rings (SSSR count). The minimum Gasteiger partial charge on any atom is -0.487 e. The van der Waals surface area contributed by atoms with Crippen molar-refractivity contribution in [3.05, 3.63) is 66.2 Å². The van der Waals surface area contributed by atoms with Crippen LogP contribution in [0, 0.1) is 0 Å². The highest BCUT2D eigenvalue weighted by atomic mass is 16.5. The fraction of sp³-hybridized carbons (Fsp3) is 0.0667. The molecule has 0 heterocycles. The Balaban J connectivity index is 2.02. The van der Waals surface area contributed by atoms with E-state index in [2.05, 4.69) is 6.58 Å². The van der Waals surface area contributed by atoms with Crippen LogP contribution in [-0.4, -0.2) is 0 Å². The molecule has 0 fully saturated rings. The third-order valence-electron chi connectivity index (χ3n) is 2.53. The zero-order valence-corrected chi connectivity index (χ0v) is 9.60. The van der Waals surface area contributed by atoms with E-state index in [1.54, 1.807) is 0 Å². The van der Waals surface area contributed by atoms with Crippen LogP contribution in [0.2, 0.25) is 0 Å². The fourth-order valence-corrected chi connectivity index (χ4v) is 1.52. The number of hydrogen-bond donors (Lipinski definition) is 1. The number of ether oxygens (including phenoxy) is 1. The zero-order valence-electron chi connectivity index (χ0n) is 9.60. The Morgan fingerprint density at radius 1 is 1.06 bits per heavy atom. The Labute approximate surface area is 101 Å². The van der Waals surface area contributed by atoms with Crippen molar-refractivity contribution in [3.63, 3.8) is 0 Å². The second kappa shape index (κ2) is 5.21. The van der Waals surface area contributed by atoms with E-state index in [-0.39, 0.29) is 0 Å². The van der Waals surface area contributed by atoms with Gasteiger partial charge in [-0.05, 0) is 23.3 Å². The summed E-state index contributed by atoms with van der Waals surface area (Å²) in [4.78, 5) is 0. The molecule has 2 aromatic carbocycles. The van der Waals surface area contributed by atoms with E-state index in [0.29, 0.717) is 12.3 Å². The van der Waals surface area contributed by atoms with Gasteiger partial charge in [-0.3, -0.25) is 0 Å². The van der Waals surface area contributed by atoms with Gasteiger partial charge in [-0.15, -0.1) is 0 Å². The predicted octanol–water partition coefficient (Wildman–Crippen LogP) is 3.49. The van der Waals surface area contributed by atoms with Crippen LogP contribution in [0.5, 0.6) is 5.75 Å². The molecule has 0 aromatic heterocycles. The zero-order chi connectivity index (χ0) is 12.1. The van der Waals surface area contributed by atoms with E-state index < -0.39 is 0 Å². The summed E-state index contributed by atoms with van der Waals surface area (Å²) in [5, 5.41) is 0. The first-order valence-corrected chi connectivity index (χ1v) is 5.48. The van der Waals surface area contributed by atoms with Crippen LogP contribution < -0.4 is 10.5 Å². The number of benzene rings is 2. The van der Waals surface area contributed by atoms with Crippen LogP contribution in [0.25, 0.3) is 6.08 Å². The molecule has 0 saturated heterocycles. The Morgan fingerprint density at radius 3 is 2.41 bits per heavy atom. The maximum absolute atomic E-state index is 5.79. The van der Waals surface area contributed by atoms with Crippen molar-refractivity contribution in [2.24, 2.45) is 0 Å². The Kier molecular flexibility index (Phi) is 3.46. The summed E-state index contributed by atoms with van der Waals surface area (Å²) in [6, 6.07) is 15.6. The van der Waals surface area contributed by atoms with Gasteiger partial charge in [0.05, 0.1) is 5.69 Å². The van der Waals surface area contributed by atoms with Gasteiger partial charge in [-0.25, -0.2) is 0 Å². The summed E-state index contributed by atoms with van der Waals surface area (Å²) in [6.45, 7) is 4.24. The Morgan fingerprint density at radius 2 is 1.76 bits per heavy atom. The summed E-state index contributed by atoms with van der Waals surface area (Å²) in [7, 11) is 0. The van der Waals surface area contributed by atoms with Gasteiger partial charge in [0.15, 0.2) is 0 Å². The van der Waals surface area contributed by atoms with Crippen LogP contribution in [0.4, 0.5) is 5.69 Å². The number of nitrogens with two attached hydrogens (primary N) is 1. The van der Waals surface area contributed by atoms with Crippen LogP contribution in [0.3, 0.4) is 0 Å². The minimum absolute atomic E-state index is 0.519. The number of hydrogen-bond acceptors (Lipinski definition) is 2. The van der Waals surface area contributed by atoms with Crippen LogP contribution in [-0.2, 0) is 6.61 Å². The molecule has 0 saturated carbocycles. The maximum Gasteiger partial charge on any atom is 0.142 e. The van der Waals surface area contributed by atoms with Gasteiger partial charge in [-0.2, -0.15) is 0 Å². The molecule has 0 bridgehead atoms. The molecule has 2 nitrogen and oxygen atoms in total. The number of rotatable bonds is 4. The average molecular weight is 225 g/mol. The molecular weight excluding hydrogens is 210 g/mol. The molecule has 0 spiro atoms. The van der Waals surface area contributed by atoms with Crippen LogP contribution in [0.15, 0.2) is 55.1 Å². The van der Waals surface area contributed by atoms with Gasteiger partial charge in [0, 0.05) is 0 Å². The first kappa shape index (κ1) is 11.3. The molecule has 86 valence electrons. The van der Waals surface area contributed by atoms with Crippen molar-refractivity contribution in [3.8, 4) is 5.75 Å². The third kappa shape index (κ3) is 2.88. The SMILES string of the molecule is C=Cc1ccc(COc2ccccc2N)cc1. The summed E-state index contributed by atoms with van der Waals surface area (Å²) in [5.41, 5.74) is 8.67. The number of para-hydroxylation sites is 2. The van der Waals surface area contributed by atoms with Crippen molar-refractivity contribution in [2.75, 3.05) is 5.73 Å². The molecule has 0 atom stereocenters. The van der Waals surface area contributed by atoms with E-state index in [4.69, 9.17) is 10.5 Å². The molecule has 2 heteroatoms. The summed E-state index contributed by atoms with van der Waals surface area (Å²) in [6.07, 6.45) is 1.82. The fourth-order valence-electron chi connectivity index (χ4n) is 1.52. The van der Waals surface area contributed by atoms with Gasteiger partial charge in [-0.1, -0.05) is 49.1 Å². The van der Waals surface area contributed by atoms with Crippen molar-refractivity contribution in [2.45, 2.75) is 6.61 Å². The highest BCUT2D eigenvalue weighted by molar-refractivity contribution is 5.52. The highest BCUT2D eigenvalue weighted by Gasteiger charge is 1.99. The Hall–Kier alpha value is -2.22. The standard InChI is InChI=1S/C15H15NO/c1-2-12-7-9-13(10-8-12)11-17-15-6-4-3-5-14(15)16/h2-10H,1,11,16H2. The maximum atomic E-state index is 5.79. The van der Waals surface area contributed by atoms with Crippen LogP contribution >= 0.6 is 0 Å². The van der Waals surface area contributed by atoms with Crippen molar-refractivity contribution in [1.29, 1.82) is 0 Å². The molecule has 0 aliphatic heterocycles. The minimum atomic E-state index is 0.519. The molecule has 0 radical (unpaired) electrons. The molecule has 2 aromatic rings. The summed E-state index contributed by atoms with van der Waals surface area (Å²) >= 11 is 0. The van der Waals surface area contributed by atoms with E-state index in [1.165, 1.54) is 0 Å². The first-order chi connectivity index (χ1) is 8.29. The lowest BCUT2D eigenvalue weighted by atomic mass is 10.1. The third-order valence-corrected chi connectivity index (χ3v) is 2.53. The van der Waals surface area contributed by atoms with Gasteiger partial charge in [0.25, 0.3) is 0 Å². The second-order valence-electron chi connectivity index (χ2n) is 3.77. The molecule has 0 aliphatic rings. The average Bonchev–Trinajstić information content (AvgIpc) is 2.38. The summed E-state index contributed by atoms with van der Waals surface area (Å²) < 4.78 is 5.65. The normalized spacial score (nSPS) is 9.88. The topological polar surface area (TPSA) is 35.2 Å². The van der Waals surface area contributed by atoms with Gasteiger partial charge in [0.2, 0.25) is 0 Å². The lowest BCUT2D eigenvalue weighted by Gasteiger charge is -2.08. The monoisotopic (exact) mass is 225 g/mol. The largest absolute Gasteiger partial charge is 0.487 e. The van der Waals surface area contributed by atoms with Crippen molar-refractivity contribution >= 4 is 11.8 Å². The Bertz CT molecular complexity index is 503.